The lowest BCUT2D eigenvalue weighted by Crippen LogP contribution is -2.50. The molecule has 0 aliphatic carbocycles. The molecule has 5 heteroatoms. The van der Waals surface area contributed by atoms with Gasteiger partial charge in [0.2, 0.25) is 0 Å². The number of piperidine rings is 1. The molecule has 1 atom stereocenters. The predicted molar refractivity (Wildman–Crippen MR) is 119 cm³/mol. The van der Waals surface area contributed by atoms with Crippen LogP contribution < -0.4 is 10.6 Å². The lowest BCUT2D eigenvalue weighted by molar-refractivity contribution is 0.167. The van der Waals surface area contributed by atoms with E-state index in [1.807, 2.05) is 7.05 Å². The summed E-state index contributed by atoms with van der Waals surface area (Å²) in [5.74, 6) is 0.944. The number of likely N-dealkylation sites (tertiary alicyclic amines) is 2. The van der Waals surface area contributed by atoms with Gasteiger partial charge in [0, 0.05) is 38.8 Å². The molecule has 0 aromatic heterocycles. The molecule has 1 aromatic rings. The Hall–Kier alpha value is -1.59. The van der Waals surface area contributed by atoms with Crippen LogP contribution in [-0.2, 0) is 0 Å². The zero-order valence-corrected chi connectivity index (χ0v) is 18.2. The summed E-state index contributed by atoms with van der Waals surface area (Å²) in [4.78, 5) is 9.69. The molecule has 5 nitrogen and oxygen atoms in total. The van der Waals surface area contributed by atoms with Gasteiger partial charge in [-0.25, -0.2) is 0 Å². The standard InChI is InChI=1S/C23H39N5/c1-18(2)27-15-11-21(12-16-27)26-23(24-4)25-17-22(28-13-5-6-14-28)20-9-7-19(3)8-10-20/h7-10,18,21-22H,5-6,11-17H2,1-4H3,(H2,24,25,26). The van der Waals surface area contributed by atoms with Gasteiger partial charge in [0.15, 0.2) is 5.96 Å². The van der Waals surface area contributed by atoms with Crippen LogP contribution in [0.2, 0.25) is 0 Å². The number of nitrogens with zero attached hydrogens (tertiary/aromatic N) is 3. The highest BCUT2D eigenvalue weighted by molar-refractivity contribution is 5.80. The van der Waals surface area contributed by atoms with Crippen LogP contribution in [0.5, 0.6) is 0 Å². The molecule has 1 unspecified atom stereocenters. The largest absolute Gasteiger partial charge is 0.354 e. The molecule has 2 aliphatic rings. The fourth-order valence-corrected chi connectivity index (χ4v) is 4.44. The van der Waals surface area contributed by atoms with Crippen LogP contribution in [0.4, 0.5) is 0 Å². The number of guanidine groups is 1. The van der Waals surface area contributed by atoms with Crippen molar-refractivity contribution in [1.29, 1.82) is 0 Å². The number of hydrogen-bond acceptors (Lipinski definition) is 3. The van der Waals surface area contributed by atoms with E-state index in [1.165, 1.54) is 63.0 Å². The summed E-state index contributed by atoms with van der Waals surface area (Å²) < 4.78 is 0. The molecule has 156 valence electrons. The van der Waals surface area contributed by atoms with Crippen molar-refractivity contribution in [2.75, 3.05) is 39.8 Å². The van der Waals surface area contributed by atoms with E-state index in [9.17, 15) is 0 Å². The maximum atomic E-state index is 4.50. The predicted octanol–water partition coefficient (Wildman–Crippen LogP) is 3.17. The summed E-state index contributed by atoms with van der Waals surface area (Å²) >= 11 is 0. The summed E-state index contributed by atoms with van der Waals surface area (Å²) in [7, 11) is 1.88. The minimum absolute atomic E-state index is 0.407. The van der Waals surface area contributed by atoms with E-state index < -0.39 is 0 Å². The number of nitrogens with one attached hydrogen (secondary N) is 2. The quantitative estimate of drug-likeness (QED) is 0.583. The van der Waals surface area contributed by atoms with Crippen molar-refractivity contribution in [3.05, 3.63) is 35.4 Å². The summed E-state index contributed by atoms with van der Waals surface area (Å²) in [6, 6.07) is 10.6. The van der Waals surface area contributed by atoms with Gasteiger partial charge in [0.25, 0.3) is 0 Å². The highest BCUT2D eigenvalue weighted by Gasteiger charge is 2.25. The molecule has 0 bridgehead atoms. The maximum Gasteiger partial charge on any atom is 0.191 e. The van der Waals surface area contributed by atoms with Crippen molar-refractivity contribution >= 4 is 5.96 Å². The molecule has 2 saturated heterocycles. The van der Waals surface area contributed by atoms with E-state index in [1.54, 1.807) is 0 Å². The zero-order chi connectivity index (χ0) is 19.9. The van der Waals surface area contributed by atoms with Crippen LogP contribution in [0.1, 0.15) is 56.7 Å². The van der Waals surface area contributed by atoms with Crippen LogP contribution in [0.15, 0.2) is 29.3 Å². The van der Waals surface area contributed by atoms with Crippen LogP contribution in [0.25, 0.3) is 0 Å². The van der Waals surface area contributed by atoms with Crippen molar-refractivity contribution < 1.29 is 0 Å². The Kier molecular flexibility index (Phi) is 7.74. The molecule has 2 fully saturated rings. The molecule has 2 N–H and O–H groups in total. The average Bonchev–Trinajstić information content (AvgIpc) is 3.23. The third-order valence-electron chi connectivity index (χ3n) is 6.33. The van der Waals surface area contributed by atoms with Gasteiger partial charge in [-0.15, -0.1) is 0 Å². The molecule has 3 rings (SSSR count). The molecular weight excluding hydrogens is 346 g/mol. The second-order valence-corrected chi connectivity index (χ2v) is 8.67. The van der Waals surface area contributed by atoms with Crippen LogP contribution in [0.3, 0.4) is 0 Å². The van der Waals surface area contributed by atoms with Gasteiger partial charge in [-0.1, -0.05) is 29.8 Å². The summed E-state index contributed by atoms with van der Waals surface area (Å²) in [5.41, 5.74) is 2.72. The van der Waals surface area contributed by atoms with Crippen LogP contribution in [-0.4, -0.2) is 67.6 Å². The molecule has 2 heterocycles. The molecule has 28 heavy (non-hydrogen) atoms. The topological polar surface area (TPSA) is 42.9 Å². The van der Waals surface area contributed by atoms with Gasteiger partial charge in [-0.3, -0.25) is 9.89 Å². The highest BCUT2D eigenvalue weighted by Crippen LogP contribution is 2.25. The SMILES string of the molecule is CN=C(NCC(c1ccc(C)cc1)N1CCCC1)NC1CCN(C(C)C)CC1. The molecule has 2 aliphatic heterocycles. The number of aliphatic imine (C=N–C) groups is 1. The number of benzene rings is 1. The fourth-order valence-electron chi connectivity index (χ4n) is 4.44. The van der Waals surface area contributed by atoms with E-state index in [4.69, 9.17) is 0 Å². The number of hydrogen-bond donors (Lipinski definition) is 2. The van der Waals surface area contributed by atoms with Gasteiger partial charge >= 0.3 is 0 Å². The molecule has 0 amide bonds. The van der Waals surface area contributed by atoms with Crippen molar-refractivity contribution in [2.45, 2.75) is 64.6 Å². The second kappa shape index (κ2) is 10.3. The summed E-state index contributed by atoms with van der Waals surface area (Å²) in [5, 5.41) is 7.29. The Balaban J connectivity index is 1.56. The van der Waals surface area contributed by atoms with Gasteiger partial charge < -0.3 is 15.5 Å². The van der Waals surface area contributed by atoms with Crippen molar-refractivity contribution in [1.82, 2.24) is 20.4 Å². The Morgan fingerprint density at radius 2 is 1.68 bits per heavy atom. The first-order valence-electron chi connectivity index (χ1n) is 11.1. The third kappa shape index (κ3) is 5.71. The zero-order valence-electron chi connectivity index (χ0n) is 18.2. The number of aryl methyl sites for hydroxylation is 1. The van der Waals surface area contributed by atoms with E-state index >= 15 is 0 Å². The highest BCUT2D eigenvalue weighted by atomic mass is 15.2. The monoisotopic (exact) mass is 385 g/mol. The van der Waals surface area contributed by atoms with Crippen molar-refractivity contribution in [2.24, 2.45) is 4.99 Å². The van der Waals surface area contributed by atoms with Crippen molar-refractivity contribution in [3.63, 3.8) is 0 Å². The average molecular weight is 386 g/mol. The third-order valence-corrected chi connectivity index (χ3v) is 6.33. The Morgan fingerprint density at radius 1 is 1.04 bits per heavy atom. The Labute approximate surface area is 171 Å². The summed E-state index contributed by atoms with van der Waals surface area (Å²) in [6.07, 6.45) is 4.99. The summed E-state index contributed by atoms with van der Waals surface area (Å²) in [6.45, 7) is 12.4. The minimum atomic E-state index is 0.407. The molecular formula is C23H39N5. The van der Waals surface area contributed by atoms with Crippen LogP contribution >= 0.6 is 0 Å². The van der Waals surface area contributed by atoms with Gasteiger partial charge in [0.1, 0.15) is 0 Å². The molecule has 0 saturated carbocycles. The lowest BCUT2D eigenvalue weighted by atomic mass is 10.0. The number of rotatable bonds is 6. The second-order valence-electron chi connectivity index (χ2n) is 8.67. The Bertz CT molecular complexity index is 610. The first-order chi connectivity index (χ1) is 13.6. The normalized spacial score (nSPS) is 21.2. The van der Waals surface area contributed by atoms with Gasteiger partial charge in [0.05, 0.1) is 6.04 Å². The molecule has 0 radical (unpaired) electrons. The van der Waals surface area contributed by atoms with E-state index in [0.29, 0.717) is 18.1 Å². The van der Waals surface area contributed by atoms with Crippen molar-refractivity contribution in [3.8, 4) is 0 Å². The molecule has 0 spiro atoms. The van der Waals surface area contributed by atoms with Gasteiger partial charge in [-0.05, 0) is 65.1 Å². The first kappa shape index (κ1) is 21.1. The minimum Gasteiger partial charge on any atom is -0.354 e. The van der Waals surface area contributed by atoms with E-state index in [2.05, 4.69) is 70.5 Å². The van der Waals surface area contributed by atoms with E-state index in [-0.39, 0.29) is 0 Å². The molecule has 1 aromatic carbocycles. The first-order valence-corrected chi connectivity index (χ1v) is 11.1. The van der Waals surface area contributed by atoms with Crippen LogP contribution in [0, 0.1) is 6.92 Å². The lowest BCUT2D eigenvalue weighted by Gasteiger charge is -2.35. The van der Waals surface area contributed by atoms with Gasteiger partial charge in [-0.2, -0.15) is 0 Å². The maximum absolute atomic E-state index is 4.50. The smallest absolute Gasteiger partial charge is 0.191 e. The Morgan fingerprint density at radius 3 is 2.25 bits per heavy atom. The fraction of sp³-hybridized carbons (Fsp3) is 0.696. The van der Waals surface area contributed by atoms with E-state index in [0.717, 1.165) is 12.5 Å².